The molecule has 1 saturated heterocycles. The summed E-state index contributed by atoms with van der Waals surface area (Å²) in [6, 6.07) is 0.183. The molecule has 0 aromatic carbocycles. The summed E-state index contributed by atoms with van der Waals surface area (Å²) >= 11 is 0. The summed E-state index contributed by atoms with van der Waals surface area (Å²) in [4.78, 5) is 8.00. The van der Waals surface area contributed by atoms with E-state index in [1.807, 2.05) is 6.92 Å². The van der Waals surface area contributed by atoms with E-state index in [0.29, 0.717) is 25.3 Å². The predicted octanol–water partition coefficient (Wildman–Crippen LogP) is 0.161. The number of piperazine rings is 1. The first-order valence-electron chi connectivity index (χ1n) is 6.00. The number of hydrogen-bond donors (Lipinski definition) is 1. The topological polar surface area (TPSA) is 75.2 Å². The maximum absolute atomic E-state index is 12.5. The Morgan fingerprint density at radius 1 is 1.50 bits per heavy atom. The smallest absolute Gasteiger partial charge is 0.222 e. The minimum Gasteiger partial charge on any atom is -0.312 e. The lowest BCUT2D eigenvalue weighted by Gasteiger charge is -2.32. The molecule has 0 saturated carbocycles. The number of rotatable bonds is 3. The van der Waals surface area contributed by atoms with Crippen molar-refractivity contribution in [3.05, 3.63) is 24.3 Å². The van der Waals surface area contributed by atoms with Gasteiger partial charge in [0.15, 0.2) is 0 Å². The van der Waals surface area contributed by atoms with E-state index in [0.717, 1.165) is 0 Å². The van der Waals surface area contributed by atoms with Gasteiger partial charge in [0.25, 0.3) is 0 Å². The van der Waals surface area contributed by atoms with Crippen molar-refractivity contribution in [1.82, 2.24) is 19.6 Å². The summed E-state index contributed by atoms with van der Waals surface area (Å²) in [5.74, 6) is 0. The molecule has 2 atom stereocenters. The van der Waals surface area contributed by atoms with Gasteiger partial charge in [-0.15, -0.1) is 0 Å². The van der Waals surface area contributed by atoms with Crippen molar-refractivity contribution >= 4 is 10.0 Å². The predicted molar refractivity (Wildman–Crippen MR) is 68.4 cm³/mol. The van der Waals surface area contributed by atoms with Crippen molar-refractivity contribution in [2.45, 2.75) is 25.1 Å². The van der Waals surface area contributed by atoms with E-state index in [4.69, 9.17) is 0 Å². The van der Waals surface area contributed by atoms with Gasteiger partial charge in [-0.25, -0.2) is 8.42 Å². The summed E-state index contributed by atoms with van der Waals surface area (Å²) in [7, 11) is -3.36. The second-order valence-corrected chi connectivity index (χ2v) is 6.78. The van der Waals surface area contributed by atoms with Gasteiger partial charge in [0.1, 0.15) is 5.25 Å². The van der Waals surface area contributed by atoms with Crippen LogP contribution in [0.5, 0.6) is 0 Å². The highest BCUT2D eigenvalue weighted by Crippen LogP contribution is 2.23. The highest BCUT2D eigenvalue weighted by atomic mass is 32.2. The molecule has 7 heteroatoms. The van der Waals surface area contributed by atoms with E-state index in [1.165, 1.54) is 22.9 Å². The molecule has 1 N–H and O–H groups in total. The van der Waals surface area contributed by atoms with Crippen molar-refractivity contribution in [3.8, 4) is 0 Å². The van der Waals surface area contributed by atoms with Crippen LogP contribution in [-0.2, 0) is 10.0 Å². The fraction of sp³-hybridized carbons (Fsp3) is 0.636. The third-order valence-electron chi connectivity index (χ3n) is 3.14. The molecule has 1 fully saturated rings. The molecule has 1 aromatic rings. The quantitative estimate of drug-likeness (QED) is 0.847. The van der Waals surface area contributed by atoms with Crippen molar-refractivity contribution in [3.63, 3.8) is 0 Å². The first-order chi connectivity index (χ1) is 8.51. The fourth-order valence-corrected chi connectivity index (χ4v) is 3.68. The van der Waals surface area contributed by atoms with Crippen molar-refractivity contribution in [2.75, 3.05) is 19.6 Å². The van der Waals surface area contributed by atoms with Crippen molar-refractivity contribution in [1.29, 1.82) is 0 Å². The molecule has 1 aliphatic heterocycles. The van der Waals surface area contributed by atoms with Crippen LogP contribution in [0.2, 0.25) is 0 Å². The molecule has 0 bridgehead atoms. The Bertz CT molecular complexity index is 491. The largest absolute Gasteiger partial charge is 0.312 e. The third-order valence-corrected chi connectivity index (χ3v) is 5.32. The maximum Gasteiger partial charge on any atom is 0.222 e. The molecular formula is C11H18N4O2S. The molecule has 6 nitrogen and oxygen atoms in total. The highest BCUT2D eigenvalue weighted by Gasteiger charge is 2.33. The van der Waals surface area contributed by atoms with Crippen LogP contribution in [0.1, 0.15) is 24.8 Å². The Hall–Kier alpha value is -1.05. The van der Waals surface area contributed by atoms with Crippen molar-refractivity contribution < 1.29 is 8.42 Å². The van der Waals surface area contributed by atoms with E-state index in [2.05, 4.69) is 15.3 Å². The third kappa shape index (κ3) is 2.68. The molecule has 0 amide bonds. The zero-order valence-electron chi connectivity index (χ0n) is 10.6. The Balaban J connectivity index is 2.20. The molecule has 2 heterocycles. The standard InChI is InChI=1S/C11H18N4O2S/c1-9-8-15(6-5-13-9)18(16,17)10(2)11-7-12-3-4-14-11/h3-4,7,9-10,13H,5-6,8H2,1-2H3/t9-,10+/m0/s1. The van der Waals surface area contributed by atoms with Crippen LogP contribution in [0.4, 0.5) is 0 Å². The zero-order chi connectivity index (χ0) is 13.2. The lowest BCUT2D eigenvalue weighted by atomic mass is 10.3. The average Bonchev–Trinajstić information content (AvgIpc) is 2.39. The Labute approximate surface area is 107 Å². The van der Waals surface area contributed by atoms with Gasteiger partial charge in [-0.05, 0) is 13.8 Å². The number of sulfonamides is 1. The van der Waals surface area contributed by atoms with Crippen LogP contribution in [0, 0.1) is 0 Å². The molecule has 2 rings (SSSR count). The first kappa shape index (κ1) is 13.4. The van der Waals surface area contributed by atoms with Crippen molar-refractivity contribution in [2.24, 2.45) is 0 Å². The Kier molecular flexibility index (Phi) is 3.94. The molecule has 0 radical (unpaired) electrons. The summed E-state index contributed by atoms with van der Waals surface area (Å²) in [5, 5.41) is 2.57. The minimum absolute atomic E-state index is 0.183. The summed E-state index contributed by atoms with van der Waals surface area (Å²) in [5.41, 5.74) is 0.490. The zero-order valence-corrected chi connectivity index (χ0v) is 11.4. The lowest BCUT2D eigenvalue weighted by molar-refractivity contribution is 0.307. The summed E-state index contributed by atoms with van der Waals surface area (Å²) in [6.45, 7) is 5.35. The summed E-state index contributed by atoms with van der Waals surface area (Å²) < 4.78 is 26.5. The second-order valence-electron chi connectivity index (χ2n) is 4.53. The van der Waals surface area contributed by atoms with Gasteiger partial charge in [0, 0.05) is 44.3 Å². The monoisotopic (exact) mass is 270 g/mol. The number of aromatic nitrogens is 2. The van der Waals surface area contributed by atoms with E-state index in [9.17, 15) is 8.42 Å². The van der Waals surface area contributed by atoms with Crippen LogP contribution in [-0.4, -0.2) is 48.4 Å². The van der Waals surface area contributed by atoms with Gasteiger partial charge in [-0.2, -0.15) is 4.31 Å². The lowest BCUT2D eigenvalue weighted by Crippen LogP contribution is -2.52. The molecule has 100 valence electrons. The average molecular weight is 270 g/mol. The normalized spacial score (nSPS) is 23.8. The van der Waals surface area contributed by atoms with Gasteiger partial charge in [0.05, 0.1) is 5.69 Å². The summed E-state index contributed by atoms with van der Waals surface area (Å²) in [6.07, 6.45) is 4.56. The van der Waals surface area contributed by atoms with Crippen LogP contribution in [0.3, 0.4) is 0 Å². The van der Waals surface area contributed by atoms with Gasteiger partial charge in [-0.3, -0.25) is 9.97 Å². The molecule has 1 aliphatic rings. The van der Waals surface area contributed by atoms with E-state index in [-0.39, 0.29) is 6.04 Å². The van der Waals surface area contributed by atoms with E-state index < -0.39 is 15.3 Å². The molecular weight excluding hydrogens is 252 g/mol. The van der Waals surface area contributed by atoms with E-state index >= 15 is 0 Å². The van der Waals surface area contributed by atoms with Crippen LogP contribution < -0.4 is 5.32 Å². The van der Waals surface area contributed by atoms with E-state index in [1.54, 1.807) is 6.92 Å². The van der Waals surface area contributed by atoms with Gasteiger partial charge in [-0.1, -0.05) is 0 Å². The highest BCUT2D eigenvalue weighted by molar-refractivity contribution is 7.89. The number of nitrogens with one attached hydrogen (secondary N) is 1. The number of nitrogens with zero attached hydrogens (tertiary/aromatic N) is 3. The molecule has 18 heavy (non-hydrogen) atoms. The van der Waals surface area contributed by atoms with Crippen LogP contribution in [0.15, 0.2) is 18.6 Å². The van der Waals surface area contributed by atoms with Gasteiger partial charge < -0.3 is 5.32 Å². The molecule has 0 aliphatic carbocycles. The minimum atomic E-state index is -3.36. The van der Waals surface area contributed by atoms with Gasteiger partial charge >= 0.3 is 0 Å². The van der Waals surface area contributed by atoms with Gasteiger partial charge in [0.2, 0.25) is 10.0 Å². The Morgan fingerprint density at radius 2 is 2.28 bits per heavy atom. The molecule has 0 spiro atoms. The Morgan fingerprint density at radius 3 is 2.89 bits per heavy atom. The van der Waals surface area contributed by atoms with Crippen LogP contribution >= 0.6 is 0 Å². The maximum atomic E-state index is 12.5. The second kappa shape index (κ2) is 5.29. The fourth-order valence-electron chi connectivity index (χ4n) is 2.02. The SMILES string of the molecule is C[C@H](c1cnccn1)S(=O)(=O)N1CCN[C@@H](C)C1. The molecule has 0 unspecified atom stereocenters. The first-order valence-corrected chi connectivity index (χ1v) is 7.50. The molecule has 1 aromatic heterocycles. The van der Waals surface area contributed by atoms with Crippen LogP contribution in [0.25, 0.3) is 0 Å². The number of hydrogen-bond acceptors (Lipinski definition) is 5.